The van der Waals surface area contributed by atoms with Crippen LogP contribution in [-0.4, -0.2) is 35.7 Å². The summed E-state index contributed by atoms with van der Waals surface area (Å²) in [4.78, 5) is 20.4. The molecule has 0 fully saturated rings. The maximum Gasteiger partial charge on any atom is 0.256 e. The van der Waals surface area contributed by atoms with Gasteiger partial charge in [0.05, 0.1) is 24.7 Å². The van der Waals surface area contributed by atoms with E-state index in [1.165, 1.54) is 6.20 Å². The molecule has 22 heavy (non-hydrogen) atoms. The zero-order chi connectivity index (χ0) is 15.9. The van der Waals surface area contributed by atoms with Gasteiger partial charge in [-0.25, -0.2) is 4.98 Å². The second kappa shape index (κ2) is 7.51. The van der Waals surface area contributed by atoms with Gasteiger partial charge in [0.25, 0.3) is 5.91 Å². The van der Waals surface area contributed by atoms with Crippen molar-refractivity contribution in [1.29, 1.82) is 0 Å². The van der Waals surface area contributed by atoms with E-state index in [1.807, 2.05) is 13.8 Å². The lowest BCUT2D eigenvalue weighted by atomic mass is 10.2. The van der Waals surface area contributed by atoms with Gasteiger partial charge in [0.15, 0.2) is 5.82 Å². The van der Waals surface area contributed by atoms with Gasteiger partial charge in [0, 0.05) is 12.7 Å². The Morgan fingerprint density at radius 1 is 1.32 bits per heavy atom. The highest BCUT2D eigenvalue weighted by molar-refractivity contribution is 6.03. The number of nitrogens with zero attached hydrogens (tertiary/aromatic N) is 2. The third kappa shape index (κ3) is 4.53. The average Bonchev–Trinajstić information content (AvgIpc) is 2.50. The Labute approximate surface area is 129 Å². The molecule has 1 aromatic heterocycles. The lowest BCUT2D eigenvalue weighted by molar-refractivity contribution is 0.0917. The molecule has 116 valence electrons. The molecule has 0 aliphatic rings. The van der Waals surface area contributed by atoms with E-state index in [0.717, 1.165) is 5.69 Å². The maximum atomic E-state index is 12.2. The Morgan fingerprint density at radius 2 is 2.14 bits per heavy atom. The van der Waals surface area contributed by atoms with Gasteiger partial charge in [-0.3, -0.25) is 9.78 Å². The number of aryl methyl sites for hydroxylation is 1. The quantitative estimate of drug-likeness (QED) is 0.887. The number of hydrogen-bond acceptors (Lipinski definition) is 5. The first kappa shape index (κ1) is 15.9. The number of aromatic nitrogens is 2. The highest BCUT2D eigenvalue weighted by atomic mass is 16.5. The van der Waals surface area contributed by atoms with Gasteiger partial charge in [0.1, 0.15) is 11.9 Å². The van der Waals surface area contributed by atoms with E-state index in [-0.39, 0.29) is 12.0 Å². The van der Waals surface area contributed by atoms with Gasteiger partial charge in [0.2, 0.25) is 0 Å². The number of carbonyl (C=O) groups is 1. The van der Waals surface area contributed by atoms with Crippen LogP contribution in [-0.2, 0) is 4.74 Å². The molecule has 0 aliphatic carbocycles. The molecular formula is C16H19N3O3. The zero-order valence-electron chi connectivity index (χ0n) is 12.9. The fraction of sp³-hybridized carbons (Fsp3) is 0.312. The molecule has 0 radical (unpaired) electrons. The first-order valence-corrected chi connectivity index (χ1v) is 6.94. The molecule has 1 amide bonds. The number of nitrogens with one attached hydrogen (secondary N) is 1. The van der Waals surface area contributed by atoms with E-state index < -0.39 is 0 Å². The summed E-state index contributed by atoms with van der Waals surface area (Å²) in [6.07, 6.45) is 3.03. The minimum Gasteiger partial charge on any atom is -0.488 e. The van der Waals surface area contributed by atoms with E-state index in [9.17, 15) is 4.79 Å². The van der Waals surface area contributed by atoms with Gasteiger partial charge >= 0.3 is 0 Å². The van der Waals surface area contributed by atoms with Crippen LogP contribution < -0.4 is 10.1 Å². The second-order valence-corrected chi connectivity index (χ2v) is 4.91. The molecule has 1 heterocycles. The molecule has 6 heteroatoms. The molecule has 1 N–H and O–H groups in total. The summed E-state index contributed by atoms with van der Waals surface area (Å²) in [7, 11) is 1.62. The summed E-state index contributed by atoms with van der Waals surface area (Å²) >= 11 is 0. The predicted molar refractivity (Wildman–Crippen MR) is 83.1 cm³/mol. The van der Waals surface area contributed by atoms with Crippen molar-refractivity contribution in [2.45, 2.75) is 20.0 Å². The molecule has 0 spiro atoms. The number of anilines is 1. The van der Waals surface area contributed by atoms with Gasteiger partial charge in [-0.05, 0) is 32.0 Å². The van der Waals surface area contributed by atoms with Crippen LogP contribution in [0.1, 0.15) is 23.0 Å². The van der Waals surface area contributed by atoms with Crippen molar-refractivity contribution in [3.05, 3.63) is 47.9 Å². The highest BCUT2D eigenvalue weighted by Crippen LogP contribution is 2.16. The van der Waals surface area contributed by atoms with Crippen LogP contribution in [0.4, 0.5) is 5.82 Å². The van der Waals surface area contributed by atoms with Crippen molar-refractivity contribution >= 4 is 11.7 Å². The summed E-state index contributed by atoms with van der Waals surface area (Å²) in [5.41, 5.74) is 1.28. The Hall–Kier alpha value is -2.47. The minimum atomic E-state index is -0.261. The van der Waals surface area contributed by atoms with Crippen LogP contribution in [0.3, 0.4) is 0 Å². The van der Waals surface area contributed by atoms with Crippen molar-refractivity contribution in [3.63, 3.8) is 0 Å². The topological polar surface area (TPSA) is 73.3 Å². The van der Waals surface area contributed by atoms with Gasteiger partial charge < -0.3 is 14.8 Å². The summed E-state index contributed by atoms with van der Waals surface area (Å²) in [6, 6.07) is 6.97. The molecule has 0 saturated heterocycles. The molecular weight excluding hydrogens is 282 g/mol. The third-order valence-corrected chi connectivity index (χ3v) is 2.86. The van der Waals surface area contributed by atoms with Crippen LogP contribution in [0.2, 0.25) is 0 Å². The van der Waals surface area contributed by atoms with E-state index in [4.69, 9.17) is 9.47 Å². The predicted octanol–water partition coefficient (Wildman–Crippen LogP) is 2.45. The monoisotopic (exact) mass is 301 g/mol. The van der Waals surface area contributed by atoms with Gasteiger partial charge in [-0.15, -0.1) is 0 Å². The Balaban J connectivity index is 2.05. The van der Waals surface area contributed by atoms with Crippen molar-refractivity contribution < 1.29 is 14.3 Å². The smallest absolute Gasteiger partial charge is 0.256 e. The molecule has 2 aromatic rings. The van der Waals surface area contributed by atoms with Crippen LogP contribution >= 0.6 is 0 Å². The second-order valence-electron chi connectivity index (χ2n) is 4.91. The van der Waals surface area contributed by atoms with Gasteiger partial charge in [-0.1, -0.05) is 6.07 Å². The lowest BCUT2D eigenvalue weighted by Crippen LogP contribution is -2.18. The van der Waals surface area contributed by atoms with Crippen LogP contribution in [0.25, 0.3) is 0 Å². The summed E-state index contributed by atoms with van der Waals surface area (Å²) in [5.74, 6) is 0.768. The van der Waals surface area contributed by atoms with Crippen molar-refractivity contribution in [2.24, 2.45) is 0 Å². The molecule has 2 rings (SSSR count). The van der Waals surface area contributed by atoms with Crippen molar-refractivity contribution in [1.82, 2.24) is 9.97 Å². The molecule has 0 unspecified atom stereocenters. The van der Waals surface area contributed by atoms with E-state index in [2.05, 4.69) is 15.3 Å². The Bertz CT molecular complexity index is 629. The van der Waals surface area contributed by atoms with E-state index in [0.29, 0.717) is 23.7 Å². The number of amides is 1. The van der Waals surface area contributed by atoms with Crippen molar-refractivity contribution in [3.8, 4) is 5.75 Å². The summed E-state index contributed by atoms with van der Waals surface area (Å²) in [6.45, 7) is 4.22. The molecule has 0 bridgehead atoms. The number of ether oxygens (including phenoxy) is 2. The summed E-state index contributed by atoms with van der Waals surface area (Å²) in [5, 5.41) is 2.70. The number of rotatable bonds is 6. The number of hydrogen-bond donors (Lipinski definition) is 1. The molecule has 0 saturated carbocycles. The van der Waals surface area contributed by atoms with E-state index >= 15 is 0 Å². The number of methoxy groups -OCH3 is 1. The van der Waals surface area contributed by atoms with Crippen LogP contribution in [0.15, 0.2) is 36.7 Å². The molecule has 1 aromatic carbocycles. The standard InChI is InChI=1S/C16H19N3O3/c1-11-8-18-15(9-17-11)19-16(20)13-5-4-6-14(7-13)22-12(2)10-21-3/h4-9,12H,10H2,1-3H3,(H,18,19,20)/t12-/m0/s1. The van der Waals surface area contributed by atoms with E-state index in [1.54, 1.807) is 37.6 Å². The zero-order valence-corrected chi connectivity index (χ0v) is 12.9. The number of carbonyl (C=O) groups excluding carboxylic acids is 1. The van der Waals surface area contributed by atoms with Crippen LogP contribution in [0, 0.1) is 6.92 Å². The summed E-state index contributed by atoms with van der Waals surface area (Å²) < 4.78 is 10.7. The average molecular weight is 301 g/mol. The Morgan fingerprint density at radius 3 is 2.82 bits per heavy atom. The molecule has 6 nitrogen and oxygen atoms in total. The van der Waals surface area contributed by atoms with Crippen LogP contribution in [0.5, 0.6) is 5.75 Å². The fourth-order valence-corrected chi connectivity index (χ4v) is 1.86. The number of benzene rings is 1. The lowest BCUT2D eigenvalue weighted by Gasteiger charge is -2.14. The normalized spacial score (nSPS) is 11.8. The largest absolute Gasteiger partial charge is 0.488 e. The molecule has 1 atom stereocenters. The SMILES string of the molecule is COC[C@H](C)Oc1cccc(C(=O)Nc2cnc(C)cn2)c1. The first-order valence-electron chi connectivity index (χ1n) is 6.94. The Kier molecular flexibility index (Phi) is 5.43. The maximum absolute atomic E-state index is 12.2. The third-order valence-electron chi connectivity index (χ3n) is 2.86. The minimum absolute atomic E-state index is 0.0914. The highest BCUT2D eigenvalue weighted by Gasteiger charge is 2.10. The first-order chi connectivity index (χ1) is 10.6. The van der Waals surface area contributed by atoms with Gasteiger partial charge in [-0.2, -0.15) is 0 Å². The van der Waals surface area contributed by atoms with Crippen molar-refractivity contribution in [2.75, 3.05) is 19.0 Å². The molecule has 0 aliphatic heterocycles. The fourth-order valence-electron chi connectivity index (χ4n) is 1.86.